The van der Waals surface area contributed by atoms with Crippen LogP contribution in [0.3, 0.4) is 0 Å². The minimum absolute atomic E-state index is 0.234. The Kier molecular flexibility index (Phi) is 4.50. The molecule has 2 aromatic rings. The van der Waals surface area contributed by atoms with Gasteiger partial charge in [0.2, 0.25) is 0 Å². The molecule has 0 saturated carbocycles. The Morgan fingerprint density at radius 3 is 2.67 bits per heavy atom. The molecule has 2 nitrogen and oxygen atoms in total. The average molecular weight is 261 g/mol. The summed E-state index contributed by atoms with van der Waals surface area (Å²) in [6, 6.07) is 10.7. The molecular weight excluding hydrogens is 242 g/mol. The lowest BCUT2D eigenvalue weighted by Gasteiger charge is -2.12. The topological polar surface area (TPSA) is 39.2 Å². The standard InChI is InChI=1S/C15H19NOS/c1-3-13(16)10-12-6-4-5-7-15(12)18-14-8-9-17-11(14)2/h4-9,13H,3,10,16H2,1-2H3. The van der Waals surface area contributed by atoms with E-state index in [4.69, 9.17) is 10.2 Å². The van der Waals surface area contributed by atoms with Crippen LogP contribution in [0.2, 0.25) is 0 Å². The van der Waals surface area contributed by atoms with Gasteiger partial charge >= 0.3 is 0 Å². The first-order chi connectivity index (χ1) is 8.70. The third kappa shape index (κ3) is 3.18. The first kappa shape index (κ1) is 13.2. The van der Waals surface area contributed by atoms with Crippen LogP contribution in [-0.4, -0.2) is 6.04 Å². The summed E-state index contributed by atoms with van der Waals surface area (Å²) < 4.78 is 5.33. The smallest absolute Gasteiger partial charge is 0.114 e. The van der Waals surface area contributed by atoms with E-state index in [1.165, 1.54) is 15.4 Å². The van der Waals surface area contributed by atoms with E-state index in [0.717, 1.165) is 18.6 Å². The second-order valence-electron chi connectivity index (χ2n) is 4.42. The zero-order chi connectivity index (χ0) is 13.0. The lowest BCUT2D eigenvalue weighted by atomic mass is 10.1. The van der Waals surface area contributed by atoms with E-state index in [2.05, 4.69) is 31.2 Å². The van der Waals surface area contributed by atoms with E-state index in [0.29, 0.717) is 0 Å². The van der Waals surface area contributed by atoms with Crippen molar-refractivity contribution in [1.82, 2.24) is 0 Å². The van der Waals surface area contributed by atoms with Crippen molar-refractivity contribution in [3.8, 4) is 0 Å². The highest BCUT2D eigenvalue weighted by atomic mass is 32.2. The maximum absolute atomic E-state index is 6.05. The molecule has 0 aliphatic heterocycles. The fraction of sp³-hybridized carbons (Fsp3) is 0.333. The largest absolute Gasteiger partial charge is 0.468 e. The van der Waals surface area contributed by atoms with E-state index in [1.807, 2.05) is 13.0 Å². The van der Waals surface area contributed by atoms with Gasteiger partial charge in [-0.05, 0) is 37.5 Å². The maximum atomic E-state index is 6.05. The molecule has 0 saturated heterocycles. The second-order valence-corrected chi connectivity index (χ2v) is 5.51. The van der Waals surface area contributed by atoms with Gasteiger partial charge in [0.1, 0.15) is 5.76 Å². The van der Waals surface area contributed by atoms with Crippen molar-refractivity contribution in [2.45, 2.75) is 42.5 Å². The van der Waals surface area contributed by atoms with E-state index >= 15 is 0 Å². The van der Waals surface area contributed by atoms with Crippen LogP contribution in [0, 0.1) is 6.92 Å². The molecule has 0 bridgehead atoms. The Morgan fingerprint density at radius 2 is 2.00 bits per heavy atom. The van der Waals surface area contributed by atoms with Crippen molar-refractivity contribution in [3.63, 3.8) is 0 Å². The lowest BCUT2D eigenvalue weighted by Crippen LogP contribution is -2.21. The van der Waals surface area contributed by atoms with Gasteiger partial charge in [0.05, 0.1) is 11.2 Å². The summed E-state index contributed by atoms with van der Waals surface area (Å²) in [6.07, 6.45) is 3.67. The maximum Gasteiger partial charge on any atom is 0.114 e. The van der Waals surface area contributed by atoms with Crippen molar-refractivity contribution >= 4 is 11.8 Å². The first-order valence-electron chi connectivity index (χ1n) is 6.26. The second kappa shape index (κ2) is 6.12. The Balaban J connectivity index is 2.20. The molecule has 2 N–H and O–H groups in total. The van der Waals surface area contributed by atoms with Crippen molar-refractivity contribution in [3.05, 3.63) is 47.9 Å². The molecule has 0 radical (unpaired) electrons. The molecule has 0 fully saturated rings. The van der Waals surface area contributed by atoms with Gasteiger partial charge in [0.15, 0.2) is 0 Å². The Morgan fingerprint density at radius 1 is 1.22 bits per heavy atom. The molecule has 0 aliphatic rings. The van der Waals surface area contributed by atoms with Gasteiger partial charge in [-0.25, -0.2) is 0 Å². The number of benzene rings is 1. The first-order valence-corrected chi connectivity index (χ1v) is 7.07. The van der Waals surface area contributed by atoms with Crippen LogP contribution in [0.5, 0.6) is 0 Å². The molecule has 2 rings (SSSR count). The summed E-state index contributed by atoms with van der Waals surface area (Å²) in [4.78, 5) is 2.44. The van der Waals surface area contributed by atoms with Crippen LogP contribution < -0.4 is 5.73 Å². The number of nitrogens with two attached hydrogens (primary N) is 1. The van der Waals surface area contributed by atoms with Crippen molar-refractivity contribution in [2.75, 3.05) is 0 Å². The minimum Gasteiger partial charge on any atom is -0.468 e. The Hall–Kier alpha value is -1.19. The molecule has 1 aromatic heterocycles. The normalized spacial score (nSPS) is 12.6. The Labute approximate surface area is 113 Å². The van der Waals surface area contributed by atoms with Gasteiger partial charge in [0.25, 0.3) is 0 Å². The molecule has 1 heterocycles. The van der Waals surface area contributed by atoms with Gasteiger partial charge < -0.3 is 10.2 Å². The van der Waals surface area contributed by atoms with E-state index in [9.17, 15) is 0 Å². The molecule has 0 spiro atoms. The molecule has 1 unspecified atom stereocenters. The molecule has 3 heteroatoms. The molecule has 0 aliphatic carbocycles. The highest BCUT2D eigenvalue weighted by Gasteiger charge is 2.09. The molecule has 1 aromatic carbocycles. The van der Waals surface area contributed by atoms with Crippen LogP contribution >= 0.6 is 11.8 Å². The molecule has 1 atom stereocenters. The van der Waals surface area contributed by atoms with Crippen LogP contribution in [0.1, 0.15) is 24.7 Å². The number of hydrogen-bond acceptors (Lipinski definition) is 3. The SMILES string of the molecule is CCC(N)Cc1ccccc1Sc1ccoc1C. The number of aryl methyl sites for hydroxylation is 1. The van der Waals surface area contributed by atoms with E-state index in [1.54, 1.807) is 18.0 Å². The van der Waals surface area contributed by atoms with Crippen molar-refractivity contribution < 1.29 is 4.42 Å². The fourth-order valence-corrected chi connectivity index (χ4v) is 2.78. The predicted molar refractivity (Wildman–Crippen MR) is 76.0 cm³/mol. The fourth-order valence-electron chi connectivity index (χ4n) is 1.80. The highest BCUT2D eigenvalue weighted by molar-refractivity contribution is 7.99. The van der Waals surface area contributed by atoms with Crippen molar-refractivity contribution in [1.29, 1.82) is 0 Å². The minimum atomic E-state index is 0.234. The highest BCUT2D eigenvalue weighted by Crippen LogP contribution is 2.33. The third-order valence-corrected chi connectivity index (χ3v) is 4.27. The van der Waals surface area contributed by atoms with Gasteiger partial charge in [0, 0.05) is 10.9 Å². The molecule has 0 amide bonds. The summed E-state index contributed by atoms with van der Waals surface area (Å²) in [5.74, 6) is 0.967. The zero-order valence-electron chi connectivity index (χ0n) is 10.8. The van der Waals surface area contributed by atoms with Gasteiger partial charge in [-0.2, -0.15) is 0 Å². The van der Waals surface area contributed by atoms with Gasteiger partial charge in [-0.1, -0.05) is 36.9 Å². The third-order valence-electron chi connectivity index (χ3n) is 3.01. The monoisotopic (exact) mass is 261 g/mol. The lowest BCUT2D eigenvalue weighted by molar-refractivity contribution is 0.527. The quantitative estimate of drug-likeness (QED) is 0.883. The van der Waals surface area contributed by atoms with E-state index in [-0.39, 0.29) is 6.04 Å². The van der Waals surface area contributed by atoms with Crippen LogP contribution in [0.15, 0.2) is 50.8 Å². The summed E-state index contributed by atoms with van der Waals surface area (Å²) in [7, 11) is 0. The van der Waals surface area contributed by atoms with Crippen LogP contribution in [0.25, 0.3) is 0 Å². The predicted octanol–water partition coefficient (Wildman–Crippen LogP) is 4.02. The summed E-state index contributed by atoms with van der Waals surface area (Å²) in [6.45, 7) is 4.11. The molecule has 18 heavy (non-hydrogen) atoms. The van der Waals surface area contributed by atoms with Crippen LogP contribution in [-0.2, 0) is 6.42 Å². The number of hydrogen-bond donors (Lipinski definition) is 1. The zero-order valence-corrected chi connectivity index (χ0v) is 11.7. The number of furan rings is 1. The summed E-state index contributed by atoms with van der Waals surface area (Å²) in [5, 5.41) is 0. The van der Waals surface area contributed by atoms with Gasteiger partial charge in [-0.3, -0.25) is 0 Å². The molecular formula is C15H19NOS. The number of rotatable bonds is 5. The summed E-state index contributed by atoms with van der Waals surface area (Å²) in [5.41, 5.74) is 7.37. The Bertz CT molecular complexity index is 507. The average Bonchev–Trinajstić information content (AvgIpc) is 2.77. The van der Waals surface area contributed by atoms with Gasteiger partial charge in [-0.15, -0.1) is 0 Å². The van der Waals surface area contributed by atoms with Crippen LogP contribution in [0.4, 0.5) is 0 Å². The van der Waals surface area contributed by atoms with E-state index < -0.39 is 0 Å². The van der Waals surface area contributed by atoms with Crippen molar-refractivity contribution in [2.24, 2.45) is 5.73 Å². The molecule has 96 valence electrons. The summed E-state index contributed by atoms with van der Waals surface area (Å²) >= 11 is 1.75.